The van der Waals surface area contributed by atoms with Gasteiger partial charge >= 0.3 is 6.09 Å². The SMILES string of the molecule is Cc1ccc2ccccc2c1CN1C(=O)[C@@H](NC(=O)[C@H](C)N(C)C(=O)O)CNc2cc(C#N)ccc21. The fraction of sp³-hybridized carbons (Fsp3) is 0.259. The molecule has 0 fully saturated rings. The van der Waals surface area contributed by atoms with Crippen molar-refractivity contribution in [2.75, 3.05) is 23.8 Å². The number of carboxylic acid groups (broad SMARTS) is 1. The van der Waals surface area contributed by atoms with E-state index in [4.69, 9.17) is 0 Å². The number of fused-ring (bicyclic) bond motifs is 2. The first-order valence-electron chi connectivity index (χ1n) is 11.5. The van der Waals surface area contributed by atoms with Gasteiger partial charge in [0.05, 0.1) is 29.6 Å². The van der Waals surface area contributed by atoms with Crippen LogP contribution in [0.3, 0.4) is 0 Å². The van der Waals surface area contributed by atoms with E-state index in [9.17, 15) is 24.8 Å². The molecule has 9 heteroatoms. The second-order valence-corrected chi connectivity index (χ2v) is 8.86. The zero-order chi connectivity index (χ0) is 26.0. The molecule has 0 radical (unpaired) electrons. The van der Waals surface area contributed by atoms with Crippen LogP contribution < -0.4 is 15.5 Å². The van der Waals surface area contributed by atoms with Crippen molar-refractivity contribution >= 4 is 40.1 Å². The first kappa shape index (κ1) is 24.5. The second-order valence-electron chi connectivity index (χ2n) is 8.86. The lowest BCUT2D eigenvalue weighted by Gasteiger charge is -2.28. The molecule has 0 aliphatic carbocycles. The average Bonchev–Trinajstić information content (AvgIpc) is 3.00. The number of amides is 3. The minimum Gasteiger partial charge on any atom is -0.465 e. The van der Waals surface area contributed by atoms with E-state index in [2.05, 4.69) is 16.7 Å². The molecule has 3 aromatic rings. The van der Waals surface area contributed by atoms with Crippen molar-refractivity contribution in [1.82, 2.24) is 10.2 Å². The molecule has 0 saturated heterocycles. The summed E-state index contributed by atoms with van der Waals surface area (Å²) in [4.78, 5) is 40.5. The zero-order valence-corrected chi connectivity index (χ0v) is 20.3. The van der Waals surface area contributed by atoms with E-state index in [-0.39, 0.29) is 19.0 Å². The summed E-state index contributed by atoms with van der Waals surface area (Å²) in [5.41, 5.74) is 3.63. The van der Waals surface area contributed by atoms with Gasteiger partial charge in [-0.05, 0) is 53.9 Å². The Bertz CT molecular complexity index is 1400. The third-order valence-electron chi connectivity index (χ3n) is 6.65. The van der Waals surface area contributed by atoms with Crippen molar-refractivity contribution in [1.29, 1.82) is 5.26 Å². The number of hydrogen-bond donors (Lipinski definition) is 3. The van der Waals surface area contributed by atoms with Crippen molar-refractivity contribution in [3.05, 3.63) is 71.3 Å². The molecule has 1 aliphatic heterocycles. The molecule has 0 spiro atoms. The minimum atomic E-state index is -1.24. The first-order valence-corrected chi connectivity index (χ1v) is 11.5. The summed E-state index contributed by atoms with van der Waals surface area (Å²) in [5, 5.41) is 26.6. The third kappa shape index (κ3) is 4.66. The number of nitrogens with zero attached hydrogens (tertiary/aromatic N) is 3. The van der Waals surface area contributed by atoms with Crippen LogP contribution in [-0.2, 0) is 16.1 Å². The molecule has 3 amide bonds. The Morgan fingerprint density at radius 3 is 2.72 bits per heavy atom. The van der Waals surface area contributed by atoms with Gasteiger partial charge < -0.3 is 20.6 Å². The van der Waals surface area contributed by atoms with Crippen molar-refractivity contribution in [2.24, 2.45) is 0 Å². The van der Waals surface area contributed by atoms with Gasteiger partial charge in [0.1, 0.15) is 12.1 Å². The summed E-state index contributed by atoms with van der Waals surface area (Å²) in [5.74, 6) is -0.915. The minimum absolute atomic E-state index is 0.0843. The van der Waals surface area contributed by atoms with Crippen molar-refractivity contribution in [2.45, 2.75) is 32.5 Å². The maximum absolute atomic E-state index is 13.9. The maximum atomic E-state index is 13.9. The zero-order valence-electron chi connectivity index (χ0n) is 20.3. The van der Waals surface area contributed by atoms with E-state index in [0.717, 1.165) is 26.8 Å². The van der Waals surface area contributed by atoms with Crippen molar-refractivity contribution in [3.8, 4) is 6.07 Å². The van der Waals surface area contributed by atoms with Crippen LogP contribution in [0.15, 0.2) is 54.6 Å². The summed E-state index contributed by atoms with van der Waals surface area (Å²) < 4.78 is 0. The number of nitrogens with one attached hydrogen (secondary N) is 2. The van der Waals surface area contributed by atoms with E-state index < -0.39 is 24.1 Å². The molecule has 3 aromatic carbocycles. The predicted molar refractivity (Wildman–Crippen MR) is 137 cm³/mol. The Morgan fingerprint density at radius 1 is 1.25 bits per heavy atom. The van der Waals surface area contributed by atoms with Crippen LogP contribution in [0.2, 0.25) is 0 Å². The lowest BCUT2D eigenvalue weighted by atomic mass is 9.98. The van der Waals surface area contributed by atoms with Crippen LogP contribution in [-0.4, -0.2) is 53.6 Å². The van der Waals surface area contributed by atoms with Gasteiger partial charge in [0, 0.05) is 13.6 Å². The number of hydrogen-bond acceptors (Lipinski definition) is 5. The van der Waals surface area contributed by atoms with Gasteiger partial charge in [0.2, 0.25) is 5.91 Å². The van der Waals surface area contributed by atoms with Gasteiger partial charge in [-0.1, -0.05) is 36.4 Å². The van der Waals surface area contributed by atoms with Crippen LogP contribution >= 0.6 is 0 Å². The Labute approximate surface area is 208 Å². The molecule has 184 valence electrons. The molecule has 1 heterocycles. The molecular formula is C27H27N5O4. The number of benzene rings is 3. The van der Waals surface area contributed by atoms with E-state index in [1.165, 1.54) is 14.0 Å². The second kappa shape index (κ2) is 9.96. The fourth-order valence-corrected chi connectivity index (χ4v) is 4.31. The standard InChI is InChI=1S/C27H27N5O4/c1-16-8-10-19-6-4-5-7-20(19)21(16)15-32-24-11-9-18(13-28)12-22(24)29-14-23(26(32)34)30-25(33)17(2)31(3)27(35)36/h4-12,17,23,29H,14-15H2,1-3H3,(H,30,33)(H,35,36)/t17-,23-/m0/s1. The van der Waals surface area contributed by atoms with Crippen LogP contribution in [0.5, 0.6) is 0 Å². The van der Waals surface area contributed by atoms with Crippen LogP contribution in [0.1, 0.15) is 23.6 Å². The van der Waals surface area contributed by atoms with Crippen molar-refractivity contribution < 1.29 is 19.5 Å². The Kier molecular flexibility index (Phi) is 6.79. The molecule has 1 aliphatic rings. The number of anilines is 2. The lowest BCUT2D eigenvalue weighted by Crippen LogP contribution is -2.55. The Hall–Kier alpha value is -4.58. The van der Waals surface area contributed by atoms with Gasteiger partial charge in [-0.2, -0.15) is 5.26 Å². The number of likely N-dealkylation sites (N-methyl/N-ethyl adjacent to an activating group) is 1. The molecule has 3 N–H and O–H groups in total. The highest BCUT2D eigenvalue weighted by molar-refractivity contribution is 6.04. The Balaban J connectivity index is 1.73. The third-order valence-corrected chi connectivity index (χ3v) is 6.65. The number of carbonyl (C=O) groups excluding carboxylic acids is 2. The summed E-state index contributed by atoms with van der Waals surface area (Å²) >= 11 is 0. The quantitative estimate of drug-likeness (QED) is 0.508. The van der Waals surface area contributed by atoms with Crippen LogP contribution in [0.25, 0.3) is 10.8 Å². The monoisotopic (exact) mass is 485 g/mol. The average molecular weight is 486 g/mol. The largest absolute Gasteiger partial charge is 0.465 e. The van der Waals surface area contributed by atoms with E-state index >= 15 is 0 Å². The van der Waals surface area contributed by atoms with Gasteiger partial charge in [-0.15, -0.1) is 0 Å². The maximum Gasteiger partial charge on any atom is 0.407 e. The molecular weight excluding hydrogens is 458 g/mol. The highest BCUT2D eigenvalue weighted by Gasteiger charge is 2.34. The molecule has 4 rings (SSSR count). The Morgan fingerprint density at radius 2 is 2.00 bits per heavy atom. The molecule has 0 bridgehead atoms. The van der Waals surface area contributed by atoms with E-state index in [0.29, 0.717) is 16.9 Å². The van der Waals surface area contributed by atoms with Crippen LogP contribution in [0, 0.1) is 18.3 Å². The number of nitriles is 1. The molecule has 0 aromatic heterocycles. The summed E-state index contributed by atoms with van der Waals surface area (Å²) in [6, 6.07) is 17.2. The van der Waals surface area contributed by atoms with Crippen LogP contribution in [0.4, 0.5) is 16.2 Å². The lowest BCUT2D eigenvalue weighted by molar-refractivity contribution is -0.129. The van der Waals surface area contributed by atoms with E-state index in [1.54, 1.807) is 23.1 Å². The molecule has 9 nitrogen and oxygen atoms in total. The summed E-state index contributed by atoms with van der Waals surface area (Å²) in [6.45, 7) is 3.79. The van der Waals surface area contributed by atoms with Gasteiger partial charge in [0.25, 0.3) is 5.91 Å². The van der Waals surface area contributed by atoms with E-state index in [1.807, 2.05) is 43.3 Å². The number of rotatable bonds is 5. The molecule has 0 saturated carbocycles. The highest BCUT2D eigenvalue weighted by atomic mass is 16.4. The van der Waals surface area contributed by atoms with Gasteiger partial charge in [0.15, 0.2) is 0 Å². The predicted octanol–water partition coefficient (Wildman–Crippen LogP) is 3.46. The number of carbonyl (C=O) groups is 3. The summed E-state index contributed by atoms with van der Waals surface area (Å²) in [7, 11) is 1.30. The molecule has 2 atom stereocenters. The first-order chi connectivity index (χ1) is 17.2. The smallest absolute Gasteiger partial charge is 0.407 e. The van der Waals surface area contributed by atoms with Gasteiger partial charge in [-0.3, -0.25) is 14.5 Å². The summed E-state index contributed by atoms with van der Waals surface area (Å²) in [6.07, 6.45) is -1.24. The molecule has 0 unspecified atom stereocenters. The van der Waals surface area contributed by atoms with Crippen molar-refractivity contribution in [3.63, 3.8) is 0 Å². The molecule has 36 heavy (non-hydrogen) atoms. The number of aryl methyl sites for hydroxylation is 1. The highest BCUT2D eigenvalue weighted by Crippen LogP contribution is 2.33. The fourth-order valence-electron chi connectivity index (χ4n) is 4.31. The van der Waals surface area contributed by atoms with Gasteiger partial charge in [-0.25, -0.2) is 4.79 Å². The normalized spacial score (nSPS) is 15.8. The topological polar surface area (TPSA) is 126 Å².